The summed E-state index contributed by atoms with van der Waals surface area (Å²) in [7, 11) is 0. The number of fused-ring (bicyclic) bond motifs is 5. The van der Waals surface area contributed by atoms with Crippen molar-refractivity contribution in [3.63, 3.8) is 0 Å². The molecule has 22 heavy (non-hydrogen) atoms. The molecule has 3 fully saturated rings. The predicted octanol–water partition coefficient (Wildman–Crippen LogP) is 3.62. The van der Waals surface area contributed by atoms with Gasteiger partial charge < -0.3 is 10.9 Å². The molecule has 6 unspecified atom stereocenters. The van der Waals surface area contributed by atoms with E-state index in [0.717, 1.165) is 37.0 Å². The molecule has 3 nitrogen and oxygen atoms in total. The molecule has 4 rings (SSSR count). The molecule has 4 aliphatic rings. The Morgan fingerprint density at radius 2 is 1.86 bits per heavy atom. The van der Waals surface area contributed by atoms with Gasteiger partial charge in [0.1, 0.15) is 0 Å². The van der Waals surface area contributed by atoms with E-state index >= 15 is 0 Å². The zero-order chi connectivity index (χ0) is 15.5. The molecule has 0 bridgehead atoms. The SMILES string of the molecule is CC12CCC(O)CC1=CCC1C2CCC2(C)C(=NN)CCC12. The average molecular weight is 302 g/mol. The molecule has 3 N–H and O–H groups in total. The number of hydrazone groups is 1. The summed E-state index contributed by atoms with van der Waals surface area (Å²) in [5.41, 5.74) is 3.43. The van der Waals surface area contributed by atoms with E-state index in [1.807, 2.05) is 0 Å². The van der Waals surface area contributed by atoms with E-state index in [2.05, 4.69) is 25.0 Å². The highest BCUT2D eigenvalue weighted by Gasteiger charge is 2.57. The summed E-state index contributed by atoms with van der Waals surface area (Å²) in [6, 6.07) is 0. The van der Waals surface area contributed by atoms with E-state index in [1.165, 1.54) is 37.8 Å². The third-order valence-electron chi connectivity index (χ3n) is 7.97. The molecule has 0 aromatic heterocycles. The van der Waals surface area contributed by atoms with Crippen molar-refractivity contribution in [1.29, 1.82) is 0 Å². The Morgan fingerprint density at radius 3 is 2.64 bits per heavy atom. The lowest BCUT2D eigenvalue weighted by Crippen LogP contribution is -2.50. The fraction of sp³-hybridized carbons (Fsp3) is 0.842. The van der Waals surface area contributed by atoms with Gasteiger partial charge in [-0.2, -0.15) is 5.10 Å². The molecule has 0 saturated heterocycles. The Kier molecular flexibility index (Phi) is 3.24. The summed E-state index contributed by atoms with van der Waals surface area (Å²) >= 11 is 0. The van der Waals surface area contributed by atoms with Crippen LogP contribution in [-0.2, 0) is 0 Å². The lowest BCUT2D eigenvalue weighted by atomic mass is 9.48. The highest BCUT2D eigenvalue weighted by atomic mass is 16.3. The first-order chi connectivity index (χ1) is 10.5. The number of nitrogens with zero attached hydrogens (tertiary/aromatic N) is 1. The Bertz CT molecular complexity index is 540. The predicted molar refractivity (Wildman–Crippen MR) is 89.3 cm³/mol. The van der Waals surface area contributed by atoms with Crippen LogP contribution in [0.4, 0.5) is 0 Å². The molecule has 122 valence electrons. The smallest absolute Gasteiger partial charge is 0.0577 e. The van der Waals surface area contributed by atoms with E-state index < -0.39 is 0 Å². The standard InChI is InChI=1S/C19H30N2O/c1-18-9-7-13(22)11-12(18)3-4-14-15-5-6-17(21-20)19(15,2)10-8-16(14)18/h3,13-16,22H,4-11,20H2,1-2H3. The van der Waals surface area contributed by atoms with Crippen LogP contribution in [0, 0.1) is 28.6 Å². The van der Waals surface area contributed by atoms with E-state index in [-0.39, 0.29) is 11.5 Å². The first-order valence-corrected chi connectivity index (χ1v) is 9.14. The van der Waals surface area contributed by atoms with E-state index in [9.17, 15) is 5.11 Å². The largest absolute Gasteiger partial charge is 0.393 e. The molecule has 0 radical (unpaired) electrons. The van der Waals surface area contributed by atoms with Crippen LogP contribution in [-0.4, -0.2) is 16.9 Å². The van der Waals surface area contributed by atoms with E-state index in [4.69, 9.17) is 5.84 Å². The lowest BCUT2D eigenvalue weighted by molar-refractivity contribution is -0.0209. The number of rotatable bonds is 0. The third kappa shape index (κ3) is 1.81. The van der Waals surface area contributed by atoms with Crippen LogP contribution >= 0.6 is 0 Å². The summed E-state index contributed by atoms with van der Waals surface area (Å²) in [5.74, 6) is 8.04. The molecule has 4 aliphatic carbocycles. The Morgan fingerprint density at radius 1 is 1.14 bits per heavy atom. The quantitative estimate of drug-likeness (QED) is 0.408. The maximum atomic E-state index is 10.0. The second-order valence-corrected chi connectivity index (χ2v) is 8.73. The first-order valence-electron chi connectivity index (χ1n) is 9.14. The van der Waals surface area contributed by atoms with Gasteiger partial charge in [-0.3, -0.25) is 0 Å². The highest BCUT2D eigenvalue weighted by molar-refractivity contribution is 5.92. The van der Waals surface area contributed by atoms with Crippen LogP contribution in [0.5, 0.6) is 0 Å². The monoisotopic (exact) mass is 302 g/mol. The molecule has 0 heterocycles. The van der Waals surface area contributed by atoms with Crippen molar-refractivity contribution in [3.05, 3.63) is 11.6 Å². The van der Waals surface area contributed by atoms with Gasteiger partial charge in [0.25, 0.3) is 0 Å². The number of hydrogen-bond donors (Lipinski definition) is 2. The van der Waals surface area contributed by atoms with Gasteiger partial charge in [-0.25, -0.2) is 0 Å². The molecule has 0 amide bonds. The molecule has 3 saturated carbocycles. The Labute approximate surface area is 134 Å². The highest BCUT2D eigenvalue weighted by Crippen LogP contribution is 2.64. The maximum Gasteiger partial charge on any atom is 0.0577 e. The minimum atomic E-state index is -0.104. The molecule has 0 aliphatic heterocycles. The van der Waals surface area contributed by atoms with Crippen LogP contribution in [0.2, 0.25) is 0 Å². The lowest BCUT2D eigenvalue weighted by Gasteiger charge is -2.57. The summed E-state index contributed by atoms with van der Waals surface area (Å²) in [4.78, 5) is 0. The van der Waals surface area contributed by atoms with Gasteiger partial charge in [0, 0.05) is 11.1 Å². The van der Waals surface area contributed by atoms with E-state index in [1.54, 1.807) is 5.57 Å². The molecule has 3 heteroatoms. The molecule has 0 spiro atoms. The summed E-state index contributed by atoms with van der Waals surface area (Å²) in [6.45, 7) is 4.90. The second-order valence-electron chi connectivity index (χ2n) is 8.73. The van der Waals surface area contributed by atoms with Crippen molar-refractivity contribution in [1.82, 2.24) is 0 Å². The summed E-state index contributed by atoms with van der Waals surface area (Å²) < 4.78 is 0. The summed E-state index contributed by atoms with van der Waals surface area (Å²) in [6.07, 6.45) is 11.6. The van der Waals surface area contributed by atoms with Crippen LogP contribution in [0.15, 0.2) is 16.8 Å². The van der Waals surface area contributed by atoms with Gasteiger partial charge >= 0.3 is 0 Å². The van der Waals surface area contributed by atoms with Crippen LogP contribution in [0.1, 0.15) is 65.2 Å². The van der Waals surface area contributed by atoms with Gasteiger partial charge in [0.05, 0.1) is 6.10 Å². The molecule has 0 aromatic rings. The number of hydrogen-bond acceptors (Lipinski definition) is 3. The zero-order valence-electron chi connectivity index (χ0n) is 14.0. The van der Waals surface area contributed by atoms with Crippen molar-refractivity contribution < 1.29 is 5.11 Å². The van der Waals surface area contributed by atoms with E-state index in [0.29, 0.717) is 5.41 Å². The zero-order valence-corrected chi connectivity index (χ0v) is 14.0. The minimum absolute atomic E-state index is 0.104. The van der Waals surface area contributed by atoms with Crippen molar-refractivity contribution in [2.75, 3.05) is 0 Å². The van der Waals surface area contributed by atoms with Crippen LogP contribution < -0.4 is 5.84 Å². The van der Waals surface area contributed by atoms with Gasteiger partial charge in [-0.1, -0.05) is 25.5 Å². The maximum absolute atomic E-state index is 10.0. The topological polar surface area (TPSA) is 58.6 Å². The Hall–Kier alpha value is -0.830. The number of allylic oxidation sites excluding steroid dienone is 1. The first kappa shape index (κ1) is 14.7. The van der Waals surface area contributed by atoms with Crippen molar-refractivity contribution in [2.45, 2.75) is 71.3 Å². The fourth-order valence-corrected chi connectivity index (χ4v) is 6.64. The molecule has 0 aromatic carbocycles. The number of aliphatic hydroxyl groups excluding tert-OH is 1. The van der Waals surface area contributed by atoms with Crippen molar-refractivity contribution in [2.24, 2.45) is 39.5 Å². The minimum Gasteiger partial charge on any atom is -0.393 e. The Balaban J connectivity index is 1.69. The average Bonchev–Trinajstić information content (AvgIpc) is 2.84. The van der Waals surface area contributed by atoms with Crippen LogP contribution in [0.3, 0.4) is 0 Å². The third-order valence-corrected chi connectivity index (χ3v) is 7.97. The molecular formula is C19H30N2O. The van der Waals surface area contributed by atoms with Gasteiger partial charge in [0.15, 0.2) is 0 Å². The second kappa shape index (κ2) is 4.83. The van der Waals surface area contributed by atoms with Crippen molar-refractivity contribution in [3.8, 4) is 0 Å². The van der Waals surface area contributed by atoms with Crippen molar-refractivity contribution >= 4 is 5.71 Å². The van der Waals surface area contributed by atoms with Gasteiger partial charge in [-0.05, 0) is 74.5 Å². The van der Waals surface area contributed by atoms with Gasteiger partial charge in [0.2, 0.25) is 0 Å². The normalized spacial score (nSPS) is 52.7. The van der Waals surface area contributed by atoms with Crippen LogP contribution in [0.25, 0.3) is 0 Å². The summed E-state index contributed by atoms with van der Waals surface area (Å²) in [5, 5.41) is 14.2. The van der Waals surface area contributed by atoms with Gasteiger partial charge in [-0.15, -0.1) is 0 Å². The number of aliphatic hydroxyl groups is 1. The molecule has 6 atom stereocenters. The molecular weight excluding hydrogens is 272 g/mol. The fourth-order valence-electron chi connectivity index (χ4n) is 6.64. The number of nitrogens with two attached hydrogens (primary N) is 1.